The highest BCUT2D eigenvalue weighted by Gasteiger charge is 2.11. The van der Waals surface area contributed by atoms with Gasteiger partial charge in [0, 0.05) is 17.8 Å². The summed E-state index contributed by atoms with van der Waals surface area (Å²) in [5.74, 6) is 0.870. The maximum atomic E-state index is 5.68. The third-order valence-corrected chi connectivity index (χ3v) is 3.25. The molecule has 0 aliphatic heterocycles. The Hall–Kier alpha value is -1.81. The van der Waals surface area contributed by atoms with Gasteiger partial charge in [0.25, 0.3) is 0 Å². The fraction of sp³-hybridized carbons (Fsp3) is 0.438. The molecule has 0 spiro atoms. The van der Waals surface area contributed by atoms with Crippen LogP contribution in [0.3, 0.4) is 0 Å². The zero-order valence-corrected chi connectivity index (χ0v) is 12.5. The SMILES string of the molecule is CCCNCc1cnn(-c2ccccc2OCC)c1C. The maximum Gasteiger partial charge on any atom is 0.144 e. The van der Waals surface area contributed by atoms with Crippen molar-refractivity contribution in [3.8, 4) is 11.4 Å². The number of ether oxygens (including phenoxy) is 1. The number of rotatable bonds is 7. The molecule has 4 nitrogen and oxygen atoms in total. The van der Waals surface area contributed by atoms with Crippen LogP contribution in [0.25, 0.3) is 5.69 Å². The van der Waals surface area contributed by atoms with Gasteiger partial charge in [-0.3, -0.25) is 0 Å². The molecule has 0 bridgehead atoms. The molecule has 0 unspecified atom stereocenters. The normalized spacial score (nSPS) is 10.8. The van der Waals surface area contributed by atoms with Gasteiger partial charge in [0.15, 0.2) is 0 Å². The molecule has 0 atom stereocenters. The number of benzene rings is 1. The number of hydrogen-bond donors (Lipinski definition) is 1. The zero-order chi connectivity index (χ0) is 14.4. The van der Waals surface area contributed by atoms with E-state index in [1.54, 1.807) is 0 Å². The second kappa shape index (κ2) is 7.10. The lowest BCUT2D eigenvalue weighted by Gasteiger charge is -2.11. The van der Waals surface area contributed by atoms with Gasteiger partial charge in [-0.15, -0.1) is 0 Å². The molecule has 2 rings (SSSR count). The lowest BCUT2D eigenvalue weighted by Crippen LogP contribution is -2.14. The summed E-state index contributed by atoms with van der Waals surface area (Å²) in [6, 6.07) is 8.01. The molecule has 0 amide bonds. The summed E-state index contributed by atoms with van der Waals surface area (Å²) in [5, 5.41) is 7.92. The Morgan fingerprint density at radius 2 is 2.05 bits per heavy atom. The Balaban J connectivity index is 2.25. The van der Waals surface area contributed by atoms with Crippen LogP contribution in [0.2, 0.25) is 0 Å². The van der Waals surface area contributed by atoms with Crippen molar-refractivity contribution in [1.29, 1.82) is 0 Å². The van der Waals surface area contributed by atoms with E-state index < -0.39 is 0 Å². The first kappa shape index (κ1) is 14.6. The second-order valence-corrected chi connectivity index (χ2v) is 4.74. The Morgan fingerprint density at radius 1 is 1.25 bits per heavy atom. The molecular formula is C16H23N3O. The largest absolute Gasteiger partial charge is 0.492 e. The first-order chi connectivity index (χ1) is 9.77. The molecule has 0 aliphatic rings. The third-order valence-electron chi connectivity index (χ3n) is 3.25. The van der Waals surface area contributed by atoms with Crippen LogP contribution in [0, 0.1) is 6.92 Å². The van der Waals surface area contributed by atoms with Gasteiger partial charge in [0.05, 0.1) is 12.8 Å². The molecule has 0 saturated carbocycles. The summed E-state index contributed by atoms with van der Waals surface area (Å²) in [4.78, 5) is 0. The van der Waals surface area contributed by atoms with Gasteiger partial charge in [-0.2, -0.15) is 5.10 Å². The molecule has 2 aromatic rings. The van der Waals surface area contributed by atoms with E-state index in [0.29, 0.717) is 6.61 Å². The van der Waals surface area contributed by atoms with E-state index in [4.69, 9.17) is 4.74 Å². The first-order valence-corrected chi connectivity index (χ1v) is 7.24. The molecule has 108 valence electrons. The molecular weight excluding hydrogens is 250 g/mol. The van der Waals surface area contributed by atoms with Crippen molar-refractivity contribution in [2.45, 2.75) is 33.7 Å². The van der Waals surface area contributed by atoms with Crippen molar-refractivity contribution in [3.63, 3.8) is 0 Å². The van der Waals surface area contributed by atoms with Crippen molar-refractivity contribution in [3.05, 3.63) is 41.7 Å². The highest BCUT2D eigenvalue weighted by molar-refractivity contribution is 5.47. The lowest BCUT2D eigenvalue weighted by atomic mass is 10.2. The molecule has 20 heavy (non-hydrogen) atoms. The summed E-state index contributed by atoms with van der Waals surface area (Å²) in [7, 11) is 0. The molecule has 1 aromatic heterocycles. The molecule has 0 fully saturated rings. The summed E-state index contributed by atoms with van der Waals surface area (Å²) >= 11 is 0. The van der Waals surface area contributed by atoms with E-state index >= 15 is 0 Å². The molecule has 1 aromatic carbocycles. The van der Waals surface area contributed by atoms with E-state index in [9.17, 15) is 0 Å². The van der Waals surface area contributed by atoms with Gasteiger partial charge in [-0.25, -0.2) is 4.68 Å². The Morgan fingerprint density at radius 3 is 2.80 bits per heavy atom. The van der Waals surface area contributed by atoms with Gasteiger partial charge in [-0.05, 0) is 38.9 Å². The van der Waals surface area contributed by atoms with Crippen molar-refractivity contribution in [2.75, 3.05) is 13.2 Å². The lowest BCUT2D eigenvalue weighted by molar-refractivity contribution is 0.338. The predicted molar refractivity (Wildman–Crippen MR) is 81.5 cm³/mol. The minimum atomic E-state index is 0.655. The molecule has 0 saturated heterocycles. The van der Waals surface area contributed by atoms with Crippen LogP contribution in [-0.4, -0.2) is 22.9 Å². The van der Waals surface area contributed by atoms with Crippen LogP contribution in [0.15, 0.2) is 30.5 Å². The molecule has 1 N–H and O–H groups in total. The van der Waals surface area contributed by atoms with Crippen LogP contribution in [0.5, 0.6) is 5.75 Å². The topological polar surface area (TPSA) is 39.1 Å². The Bertz CT molecular complexity index is 548. The number of nitrogens with one attached hydrogen (secondary N) is 1. The van der Waals surface area contributed by atoms with Crippen LogP contribution in [0.4, 0.5) is 0 Å². The Labute approximate surface area is 120 Å². The second-order valence-electron chi connectivity index (χ2n) is 4.74. The average Bonchev–Trinajstić information content (AvgIpc) is 2.82. The monoisotopic (exact) mass is 273 g/mol. The zero-order valence-electron chi connectivity index (χ0n) is 12.5. The average molecular weight is 273 g/mol. The van der Waals surface area contributed by atoms with E-state index in [1.807, 2.05) is 42.1 Å². The smallest absolute Gasteiger partial charge is 0.144 e. The van der Waals surface area contributed by atoms with Gasteiger partial charge < -0.3 is 10.1 Å². The van der Waals surface area contributed by atoms with Crippen molar-refractivity contribution in [1.82, 2.24) is 15.1 Å². The van der Waals surface area contributed by atoms with Crippen LogP contribution >= 0.6 is 0 Å². The standard InChI is InChI=1S/C16H23N3O/c1-4-10-17-11-14-12-18-19(13(14)3)15-8-6-7-9-16(15)20-5-2/h6-9,12,17H,4-5,10-11H2,1-3H3. The molecule has 0 aliphatic carbocycles. The predicted octanol–water partition coefficient (Wildman–Crippen LogP) is 3.08. The summed E-state index contributed by atoms with van der Waals surface area (Å²) in [6.07, 6.45) is 3.07. The van der Waals surface area contributed by atoms with Crippen molar-refractivity contribution >= 4 is 0 Å². The van der Waals surface area contributed by atoms with E-state index in [2.05, 4.69) is 24.3 Å². The highest BCUT2D eigenvalue weighted by atomic mass is 16.5. The van der Waals surface area contributed by atoms with Crippen LogP contribution in [-0.2, 0) is 6.54 Å². The minimum Gasteiger partial charge on any atom is -0.492 e. The van der Waals surface area contributed by atoms with Crippen molar-refractivity contribution in [2.24, 2.45) is 0 Å². The minimum absolute atomic E-state index is 0.655. The quantitative estimate of drug-likeness (QED) is 0.788. The molecule has 0 radical (unpaired) electrons. The number of nitrogens with zero attached hydrogens (tertiary/aromatic N) is 2. The molecule has 4 heteroatoms. The van der Waals surface area contributed by atoms with Gasteiger partial charge in [0.2, 0.25) is 0 Å². The van der Waals surface area contributed by atoms with E-state index in [0.717, 1.165) is 36.6 Å². The fourth-order valence-electron chi connectivity index (χ4n) is 2.17. The third kappa shape index (κ3) is 3.20. The number of para-hydroxylation sites is 2. The van der Waals surface area contributed by atoms with Gasteiger partial charge in [0.1, 0.15) is 11.4 Å². The number of aromatic nitrogens is 2. The van der Waals surface area contributed by atoms with Crippen LogP contribution < -0.4 is 10.1 Å². The van der Waals surface area contributed by atoms with Gasteiger partial charge >= 0.3 is 0 Å². The highest BCUT2D eigenvalue weighted by Crippen LogP contribution is 2.24. The molecule has 1 heterocycles. The fourth-order valence-corrected chi connectivity index (χ4v) is 2.17. The summed E-state index contributed by atoms with van der Waals surface area (Å²) in [5.41, 5.74) is 3.37. The number of hydrogen-bond acceptors (Lipinski definition) is 3. The first-order valence-electron chi connectivity index (χ1n) is 7.24. The van der Waals surface area contributed by atoms with Crippen LogP contribution in [0.1, 0.15) is 31.5 Å². The Kier molecular flexibility index (Phi) is 5.18. The van der Waals surface area contributed by atoms with E-state index in [-0.39, 0.29) is 0 Å². The summed E-state index contributed by atoms with van der Waals surface area (Å²) in [6.45, 7) is 8.80. The van der Waals surface area contributed by atoms with Gasteiger partial charge in [-0.1, -0.05) is 19.1 Å². The summed E-state index contributed by atoms with van der Waals surface area (Å²) < 4.78 is 7.63. The van der Waals surface area contributed by atoms with Crippen molar-refractivity contribution < 1.29 is 4.74 Å². The van der Waals surface area contributed by atoms with E-state index in [1.165, 1.54) is 5.56 Å². The maximum absolute atomic E-state index is 5.68.